The van der Waals surface area contributed by atoms with Crippen LogP contribution in [-0.2, 0) is 14.3 Å². The third-order valence-electron chi connectivity index (χ3n) is 11.3. The average Bonchev–Trinajstić information content (AvgIpc) is 3.34. The number of hydrogen-bond donors (Lipinski definition) is 4. The van der Waals surface area contributed by atoms with E-state index >= 15 is 0 Å². The fourth-order valence-corrected chi connectivity index (χ4v) is 8.86. The minimum atomic E-state index is -2.27. The van der Waals surface area contributed by atoms with Crippen LogP contribution in [0.1, 0.15) is 126 Å². The molecule has 0 aromatic rings. The number of Topliss-reactive ketones (excluding diaryl/α,β-unsaturated/α-hetero) is 1. The van der Waals surface area contributed by atoms with Gasteiger partial charge in [-0.1, -0.05) is 98.0 Å². The van der Waals surface area contributed by atoms with Gasteiger partial charge >= 0.3 is 5.97 Å². The molecule has 0 heterocycles. The summed E-state index contributed by atoms with van der Waals surface area (Å²) in [7, 11) is 0. The van der Waals surface area contributed by atoms with Gasteiger partial charge in [0.05, 0.1) is 6.61 Å². The van der Waals surface area contributed by atoms with Crippen molar-refractivity contribution in [3.63, 3.8) is 0 Å². The number of ketones is 1. The normalized spacial score (nSPS) is 38.8. The zero-order valence-electron chi connectivity index (χ0n) is 26.0. The van der Waals surface area contributed by atoms with Crippen molar-refractivity contribution in [1.82, 2.24) is 0 Å². The summed E-state index contributed by atoms with van der Waals surface area (Å²) in [5.41, 5.74) is -7.14. The predicted molar refractivity (Wildman–Crippen MR) is 160 cm³/mol. The molecular formula is C34H56O7. The number of hydrogen-bond acceptors (Lipinski definition) is 7. The quantitative estimate of drug-likeness (QED) is 0.121. The number of aliphatic hydroxyl groups excluding tert-OH is 1. The highest BCUT2D eigenvalue weighted by molar-refractivity contribution is 6.06. The summed E-state index contributed by atoms with van der Waals surface area (Å²) in [5, 5.41) is 46.2. The molecule has 7 heteroatoms. The van der Waals surface area contributed by atoms with Crippen LogP contribution in [0.3, 0.4) is 0 Å². The van der Waals surface area contributed by atoms with E-state index in [1.807, 2.05) is 13.8 Å². The SMILES string of the molecule is CCCCCCCCCCCCCC(=O)O[C@@]12C[C@@H](C)[C@@]3(O)[C@@H](C=C(CO)C[C@]4(O)C(=O)C(C)=C[C@]34O)[C@@H]1C2(C)C.[HH]. The maximum atomic E-state index is 13.1. The molecule has 7 atom stereocenters. The Hall–Kier alpha value is -1.54. The summed E-state index contributed by atoms with van der Waals surface area (Å²) in [4.78, 5) is 26.2. The molecule has 4 rings (SSSR count). The van der Waals surface area contributed by atoms with E-state index < -0.39 is 52.0 Å². The summed E-state index contributed by atoms with van der Waals surface area (Å²) in [6, 6.07) is 0. The number of carbonyl (C=O) groups is 2. The Morgan fingerprint density at radius 1 is 1.00 bits per heavy atom. The second kappa shape index (κ2) is 11.9. The van der Waals surface area contributed by atoms with Crippen LogP contribution in [0.4, 0.5) is 0 Å². The van der Waals surface area contributed by atoms with Gasteiger partial charge < -0.3 is 25.2 Å². The molecule has 0 spiro atoms. The van der Waals surface area contributed by atoms with Gasteiger partial charge in [0.15, 0.2) is 11.4 Å². The number of rotatable bonds is 14. The van der Waals surface area contributed by atoms with Gasteiger partial charge in [-0.05, 0) is 42.9 Å². The first-order valence-electron chi connectivity index (χ1n) is 16.2. The highest BCUT2D eigenvalue weighted by Gasteiger charge is 2.85. The Morgan fingerprint density at radius 3 is 2.12 bits per heavy atom. The lowest BCUT2D eigenvalue weighted by Gasteiger charge is -2.54. The lowest BCUT2D eigenvalue weighted by molar-refractivity contribution is -0.253. The fraction of sp³-hybridized carbons (Fsp3) is 0.824. The summed E-state index contributed by atoms with van der Waals surface area (Å²) in [5.74, 6) is -2.55. The van der Waals surface area contributed by atoms with E-state index in [4.69, 9.17) is 4.74 Å². The number of esters is 1. The van der Waals surface area contributed by atoms with Crippen LogP contribution in [0, 0.1) is 23.2 Å². The topological polar surface area (TPSA) is 124 Å². The molecule has 0 bridgehead atoms. The van der Waals surface area contributed by atoms with Gasteiger partial charge in [0.2, 0.25) is 0 Å². The molecule has 7 nitrogen and oxygen atoms in total. The second-order valence-corrected chi connectivity index (χ2v) is 14.2. The van der Waals surface area contributed by atoms with Crippen molar-refractivity contribution in [2.75, 3.05) is 6.61 Å². The Kier molecular flexibility index (Phi) is 9.36. The maximum absolute atomic E-state index is 13.1. The molecule has 0 aromatic carbocycles. The van der Waals surface area contributed by atoms with E-state index in [1.165, 1.54) is 64.4 Å². The van der Waals surface area contributed by atoms with Crippen LogP contribution >= 0.6 is 0 Å². The van der Waals surface area contributed by atoms with E-state index in [0.29, 0.717) is 18.4 Å². The van der Waals surface area contributed by atoms with Gasteiger partial charge in [-0.3, -0.25) is 9.59 Å². The van der Waals surface area contributed by atoms with E-state index in [9.17, 15) is 30.0 Å². The highest BCUT2D eigenvalue weighted by atomic mass is 16.6. The van der Waals surface area contributed by atoms with Gasteiger partial charge in [0, 0.05) is 31.5 Å². The molecule has 4 aliphatic carbocycles. The first-order valence-corrected chi connectivity index (χ1v) is 16.2. The third-order valence-corrected chi connectivity index (χ3v) is 11.3. The smallest absolute Gasteiger partial charge is 0.306 e. The molecule has 0 radical (unpaired) electrons. The molecule has 41 heavy (non-hydrogen) atoms. The average molecular weight is 577 g/mol. The number of ether oxygens (including phenoxy) is 1. The van der Waals surface area contributed by atoms with Crippen molar-refractivity contribution in [3.8, 4) is 0 Å². The first-order chi connectivity index (χ1) is 19.3. The summed E-state index contributed by atoms with van der Waals surface area (Å²) < 4.78 is 6.28. The largest absolute Gasteiger partial charge is 0.458 e. The number of unbranched alkanes of at least 4 members (excludes halogenated alkanes) is 10. The third kappa shape index (κ3) is 5.07. The van der Waals surface area contributed by atoms with Crippen LogP contribution in [0.5, 0.6) is 0 Å². The Morgan fingerprint density at radius 2 is 1.56 bits per heavy atom. The molecule has 4 N–H and O–H groups in total. The van der Waals surface area contributed by atoms with Gasteiger partial charge in [0.25, 0.3) is 0 Å². The number of aliphatic hydroxyl groups is 4. The van der Waals surface area contributed by atoms with E-state index in [2.05, 4.69) is 6.92 Å². The van der Waals surface area contributed by atoms with E-state index in [0.717, 1.165) is 19.3 Å². The summed E-state index contributed by atoms with van der Waals surface area (Å²) in [6.45, 7) is 9.17. The Balaban J connectivity index is 0.00000484. The molecule has 2 fully saturated rings. The van der Waals surface area contributed by atoms with Gasteiger partial charge in [0.1, 0.15) is 16.8 Å². The lowest BCUT2D eigenvalue weighted by atomic mass is 9.57. The van der Waals surface area contributed by atoms with Crippen molar-refractivity contribution in [2.24, 2.45) is 23.2 Å². The highest BCUT2D eigenvalue weighted by Crippen LogP contribution is 2.77. The van der Waals surface area contributed by atoms with Crippen LogP contribution < -0.4 is 0 Å². The standard InChI is InChI=1S/C34H54O7.H2/c1-6-7-8-9-10-11-12-13-14-15-16-17-27(36)41-32-20-24(3)34(40)26(28(32)30(32,4)5)18-25(22-35)21-31(38)29(37)23(2)19-33(31,34)39;/h18-19,24,26,28,35,38-40H,6-17,20-22H2,1-5H3;1H/t24-,26+,28-,31+,32+,33-,34-;/m1./s1. The fourth-order valence-electron chi connectivity index (χ4n) is 8.86. The number of fused-ring (bicyclic) bond motifs is 5. The molecule has 0 unspecified atom stereocenters. The predicted octanol–water partition coefficient (Wildman–Crippen LogP) is 5.57. The monoisotopic (exact) mass is 576 g/mol. The van der Waals surface area contributed by atoms with Crippen LogP contribution in [0.25, 0.3) is 0 Å². The van der Waals surface area contributed by atoms with Gasteiger partial charge in [-0.15, -0.1) is 0 Å². The molecule has 4 aliphatic rings. The minimum absolute atomic E-state index is 0. The zero-order valence-corrected chi connectivity index (χ0v) is 26.0. The molecule has 0 saturated heterocycles. The second-order valence-electron chi connectivity index (χ2n) is 14.2. The lowest BCUT2D eigenvalue weighted by Crippen LogP contribution is -2.72. The van der Waals surface area contributed by atoms with Crippen LogP contribution in [0.2, 0.25) is 0 Å². The molecular weight excluding hydrogens is 520 g/mol. The molecule has 0 aromatic heterocycles. The van der Waals surface area contributed by atoms with Crippen molar-refractivity contribution in [3.05, 3.63) is 23.3 Å². The van der Waals surface area contributed by atoms with Crippen LogP contribution in [-0.4, -0.2) is 61.2 Å². The number of carbonyl (C=O) groups excluding carboxylic acids is 2. The van der Waals surface area contributed by atoms with Crippen LogP contribution in [0.15, 0.2) is 23.3 Å². The molecule has 0 amide bonds. The molecule has 0 aliphatic heterocycles. The Labute approximate surface area is 247 Å². The zero-order chi connectivity index (χ0) is 30.3. The van der Waals surface area contributed by atoms with Gasteiger partial charge in [-0.25, -0.2) is 0 Å². The van der Waals surface area contributed by atoms with Crippen molar-refractivity contribution in [1.29, 1.82) is 0 Å². The molecule has 234 valence electrons. The maximum Gasteiger partial charge on any atom is 0.306 e. The summed E-state index contributed by atoms with van der Waals surface area (Å²) >= 11 is 0. The molecule has 2 saturated carbocycles. The van der Waals surface area contributed by atoms with Crippen molar-refractivity contribution < 1.29 is 36.2 Å². The first kappa shape index (κ1) is 32.4. The minimum Gasteiger partial charge on any atom is -0.458 e. The summed E-state index contributed by atoms with van der Waals surface area (Å²) in [6.07, 6.45) is 16.7. The Bertz CT molecular complexity index is 1070. The van der Waals surface area contributed by atoms with Crippen molar-refractivity contribution >= 4 is 11.8 Å². The van der Waals surface area contributed by atoms with Crippen molar-refractivity contribution in [2.45, 2.75) is 147 Å². The van der Waals surface area contributed by atoms with E-state index in [-0.39, 0.29) is 25.3 Å². The van der Waals surface area contributed by atoms with E-state index in [1.54, 1.807) is 13.0 Å². The van der Waals surface area contributed by atoms with Gasteiger partial charge in [-0.2, -0.15) is 0 Å².